The van der Waals surface area contributed by atoms with E-state index < -0.39 is 0 Å². The van der Waals surface area contributed by atoms with Gasteiger partial charge in [-0.25, -0.2) is 0 Å². The minimum atomic E-state index is -0.245. The second kappa shape index (κ2) is 5.73. The van der Waals surface area contributed by atoms with E-state index in [9.17, 15) is 0 Å². The van der Waals surface area contributed by atoms with Gasteiger partial charge in [0, 0.05) is 12.7 Å². The van der Waals surface area contributed by atoms with Crippen molar-refractivity contribution >= 4 is 5.69 Å². The van der Waals surface area contributed by atoms with E-state index in [1.54, 1.807) is 26.4 Å². The zero-order valence-corrected chi connectivity index (χ0v) is 13.0. The van der Waals surface area contributed by atoms with Crippen molar-refractivity contribution in [3.8, 4) is 17.2 Å². The summed E-state index contributed by atoms with van der Waals surface area (Å²) >= 11 is 0. The first-order valence-corrected chi connectivity index (χ1v) is 6.67. The van der Waals surface area contributed by atoms with Crippen LogP contribution in [0.15, 0.2) is 22.7 Å². The maximum Gasteiger partial charge on any atom is 0.258 e. The van der Waals surface area contributed by atoms with Crippen molar-refractivity contribution < 1.29 is 14.0 Å². The number of rotatable bonds is 4. The van der Waals surface area contributed by atoms with Crippen LogP contribution in [0, 0.1) is 5.41 Å². The molecule has 0 bridgehead atoms. The molecule has 0 amide bonds. The average Bonchev–Trinajstić information content (AvgIpc) is 2.87. The molecular formula is C15H21N3O3. The van der Waals surface area contributed by atoms with E-state index in [4.69, 9.17) is 19.7 Å². The van der Waals surface area contributed by atoms with E-state index in [0.717, 1.165) is 5.56 Å². The number of nitrogen functional groups attached to an aromatic ring is 1. The highest BCUT2D eigenvalue weighted by Gasteiger charge is 2.30. The van der Waals surface area contributed by atoms with Gasteiger partial charge in [-0.1, -0.05) is 25.9 Å². The van der Waals surface area contributed by atoms with Crippen molar-refractivity contribution in [3.05, 3.63) is 24.0 Å². The molecule has 0 spiro atoms. The number of aromatic nitrogens is 2. The number of methoxy groups -OCH3 is 2. The van der Waals surface area contributed by atoms with E-state index in [1.807, 2.05) is 6.07 Å². The maximum absolute atomic E-state index is 5.89. The van der Waals surface area contributed by atoms with Crippen LogP contribution in [-0.2, 0) is 4.74 Å². The summed E-state index contributed by atoms with van der Waals surface area (Å²) in [5.74, 6) is 1.54. The van der Waals surface area contributed by atoms with Crippen molar-refractivity contribution in [1.29, 1.82) is 0 Å². The number of ether oxygens (including phenoxy) is 2. The van der Waals surface area contributed by atoms with E-state index in [-0.39, 0.29) is 11.5 Å². The molecule has 1 heterocycles. The highest BCUT2D eigenvalue weighted by atomic mass is 16.5. The Bertz CT molecular complexity index is 617. The summed E-state index contributed by atoms with van der Waals surface area (Å²) in [5, 5.41) is 4.02. The Labute approximate surface area is 124 Å². The minimum Gasteiger partial charge on any atom is -0.495 e. The predicted molar refractivity (Wildman–Crippen MR) is 79.9 cm³/mol. The second-order valence-corrected chi connectivity index (χ2v) is 5.90. The lowest BCUT2D eigenvalue weighted by Crippen LogP contribution is -2.21. The molecule has 21 heavy (non-hydrogen) atoms. The highest BCUT2D eigenvalue weighted by molar-refractivity contribution is 5.65. The fourth-order valence-corrected chi connectivity index (χ4v) is 2.17. The molecule has 6 nitrogen and oxygen atoms in total. The Morgan fingerprint density at radius 2 is 1.95 bits per heavy atom. The van der Waals surface area contributed by atoms with Gasteiger partial charge < -0.3 is 19.7 Å². The summed E-state index contributed by atoms with van der Waals surface area (Å²) < 4.78 is 15.9. The lowest BCUT2D eigenvalue weighted by Gasteiger charge is -2.26. The van der Waals surface area contributed by atoms with Gasteiger partial charge in [-0.3, -0.25) is 0 Å². The van der Waals surface area contributed by atoms with Gasteiger partial charge in [-0.05, 0) is 23.6 Å². The third-order valence-corrected chi connectivity index (χ3v) is 3.18. The van der Waals surface area contributed by atoms with Gasteiger partial charge in [0.05, 0.1) is 12.8 Å². The van der Waals surface area contributed by atoms with Gasteiger partial charge in [0.2, 0.25) is 5.82 Å². The molecule has 6 heteroatoms. The van der Waals surface area contributed by atoms with Crippen LogP contribution in [0.3, 0.4) is 0 Å². The van der Waals surface area contributed by atoms with Gasteiger partial charge in [-0.15, -0.1) is 0 Å². The van der Waals surface area contributed by atoms with Crippen LogP contribution in [0.4, 0.5) is 5.69 Å². The molecule has 0 aliphatic carbocycles. The highest BCUT2D eigenvalue weighted by Crippen LogP contribution is 2.35. The van der Waals surface area contributed by atoms with Crippen LogP contribution in [0.1, 0.15) is 32.7 Å². The van der Waals surface area contributed by atoms with Crippen LogP contribution in [0.25, 0.3) is 11.5 Å². The number of anilines is 1. The van der Waals surface area contributed by atoms with E-state index >= 15 is 0 Å². The largest absolute Gasteiger partial charge is 0.495 e. The molecule has 0 fully saturated rings. The Hall–Kier alpha value is -2.08. The van der Waals surface area contributed by atoms with Gasteiger partial charge in [-0.2, -0.15) is 4.98 Å². The third-order valence-electron chi connectivity index (χ3n) is 3.18. The fraction of sp³-hybridized carbons (Fsp3) is 0.467. The minimum absolute atomic E-state index is 0.130. The predicted octanol–water partition coefficient (Wildman–Crippen LogP) is 3.06. The van der Waals surface area contributed by atoms with Crippen molar-refractivity contribution in [1.82, 2.24) is 10.1 Å². The average molecular weight is 291 g/mol. The summed E-state index contributed by atoms with van der Waals surface area (Å²) in [7, 11) is 3.21. The Balaban J connectivity index is 2.33. The maximum atomic E-state index is 5.89. The first-order chi connectivity index (χ1) is 9.86. The topological polar surface area (TPSA) is 83.4 Å². The summed E-state index contributed by atoms with van der Waals surface area (Å²) in [4.78, 5) is 4.42. The zero-order chi connectivity index (χ0) is 15.6. The standard InChI is InChI=1S/C15H21N3O3/c1-15(2,3)12(20-5)13-17-14(21-18-13)9-6-7-11(19-4)10(16)8-9/h6-8,12H,16H2,1-5H3. The number of hydrogen-bond acceptors (Lipinski definition) is 6. The quantitative estimate of drug-likeness (QED) is 0.872. The zero-order valence-electron chi connectivity index (χ0n) is 13.0. The summed E-state index contributed by atoms with van der Waals surface area (Å²) in [6.45, 7) is 6.17. The molecule has 1 aromatic heterocycles. The van der Waals surface area contributed by atoms with Crippen molar-refractivity contribution in [2.45, 2.75) is 26.9 Å². The second-order valence-electron chi connectivity index (χ2n) is 5.90. The number of nitrogens with zero attached hydrogens (tertiary/aromatic N) is 2. The fourth-order valence-electron chi connectivity index (χ4n) is 2.17. The summed E-state index contributed by atoms with van der Waals surface area (Å²) in [5.41, 5.74) is 7.03. The van der Waals surface area contributed by atoms with Crippen molar-refractivity contribution in [3.63, 3.8) is 0 Å². The van der Waals surface area contributed by atoms with Gasteiger partial charge in [0.15, 0.2) is 0 Å². The first-order valence-electron chi connectivity index (χ1n) is 6.67. The molecule has 2 rings (SSSR count). The van der Waals surface area contributed by atoms with Crippen molar-refractivity contribution in [2.24, 2.45) is 5.41 Å². The molecule has 114 valence electrons. The molecule has 0 aliphatic heterocycles. The lowest BCUT2D eigenvalue weighted by molar-refractivity contribution is 0.00718. The molecule has 1 aromatic carbocycles. The van der Waals surface area contributed by atoms with Gasteiger partial charge in [0.25, 0.3) is 5.89 Å². The summed E-state index contributed by atoms with van der Waals surface area (Å²) in [6, 6.07) is 5.34. The van der Waals surface area contributed by atoms with Crippen LogP contribution in [0.5, 0.6) is 5.75 Å². The number of nitrogens with two attached hydrogens (primary N) is 1. The number of benzene rings is 1. The first kappa shape index (κ1) is 15.3. The van der Waals surface area contributed by atoms with Crippen molar-refractivity contribution in [2.75, 3.05) is 20.0 Å². The lowest BCUT2D eigenvalue weighted by atomic mass is 9.88. The van der Waals surface area contributed by atoms with Crippen LogP contribution in [-0.4, -0.2) is 24.4 Å². The molecule has 2 N–H and O–H groups in total. The molecular weight excluding hydrogens is 270 g/mol. The Morgan fingerprint density at radius 1 is 1.24 bits per heavy atom. The molecule has 2 aromatic rings. The number of hydrogen-bond donors (Lipinski definition) is 1. The van der Waals surface area contributed by atoms with Gasteiger partial charge in [0.1, 0.15) is 11.9 Å². The Morgan fingerprint density at radius 3 is 2.48 bits per heavy atom. The molecule has 0 saturated heterocycles. The van der Waals surface area contributed by atoms with Crippen LogP contribution >= 0.6 is 0 Å². The van der Waals surface area contributed by atoms with E-state index in [2.05, 4.69) is 30.9 Å². The molecule has 1 unspecified atom stereocenters. The Kier molecular flexibility index (Phi) is 4.18. The molecule has 0 saturated carbocycles. The van der Waals surface area contributed by atoms with Crippen LogP contribution in [0.2, 0.25) is 0 Å². The summed E-state index contributed by atoms with van der Waals surface area (Å²) in [6.07, 6.45) is -0.245. The van der Waals surface area contributed by atoms with Gasteiger partial charge >= 0.3 is 0 Å². The normalized spacial score (nSPS) is 13.2. The SMILES string of the molecule is COc1ccc(-c2nc(C(OC)C(C)(C)C)no2)cc1N. The third kappa shape index (κ3) is 3.16. The molecule has 0 aliphatic rings. The van der Waals surface area contributed by atoms with Crippen LogP contribution < -0.4 is 10.5 Å². The van der Waals surface area contributed by atoms with E-state index in [1.165, 1.54) is 0 Å². The smallest absolute Gasteiger partial charge is 0.258 e. The molecule has 1 atom stereocenters. The van der Waals surface area contributed by atoms with E-state index in [0.29, 0.717) is 23.2 Å². The monoisotopic (exact) mass is 291 g/mol. The molecule has 0 radical (unpaired) electrons.